The Kier molecular flexibility index (Phi) is 5.60. The minimum atomic E-state index is 0.353. The van der Waals surface area contributed by atoms with Crippen LogP contribution < -0.4 is 11.1 Å². The van der Waals surface area contributed by atoms with E-state index in [0.717, 1.165) is 19.4 Å². The third-order valence-electron chi connectivity index (χ3n) is 3.30. The van der Waals surface area contributed by atoms with Crippen LogP contribution in [0.5, 0.6) is 0 Å². The molecule has 100 valence electrons. The SMILES string of the molecule is NCC(Cc1ccccc1)NCCc1ccccc1. The smallest absolute Gasteiger partial charge is 0.0230 e. The van der Waals surface area contributed by atoms with Crippen LogP contribution in [0, 0.1) is 0 Å². The largest absolute Gasteiger partial charge is 0.329 e. The highest BCUT2D eigenvalue weighted by molar-refractivity contribution is 5.16. The molecule has 0 spiro atoms. The van der Waals surface area contributed by atoms with E-state index in [-0.39, 0.29) is 0 Å². The van der Waals surface area contributed by atoms with Crippen molar-refractivity contribution in [2.24, 2.45) is 5.73 Å². The van der Waals surface area contributed by atoms with Gasteiger partial charge >= 0.3 is 0 Å². The van der Waals surface area contributed by atoms with E-state index in [1.165, 1.54) is 11.1 Å². The number of benzene rings is 2. The molecule has 0 aliphatic heterocycles. The molecule has 0 heterocycles. The van der Waals surface area contributed by atoms with E-state index in [0.29, 0.717) is 12.6 Å². The second kappa shape index (κ2) is 7.72. The molecule has 0 aliphatic rings. The van der Waals surface area contributed by atoms with Gasteiger partial charge in [-0.1, -0.05) is 60.7 Å². The van der Waals surface area contributed by atoms with Crippen LogP contribution in [-0.4, -0.2) is 19.1 Å². The average molecular weight is 254 g/mol. The average Bonchev–Trinajstić information content (AvgIpc) is 2.48. The van der Waals surface area contributed by atoms with Gasteiger partial charge in [0, 0.05) is 12.6 Å². The summed E-state index contributed by atoms with van der Waals surface area (Å²) < 4.78 is 0. The van der Waals surface area contributed by atoms with Crippen LogP contribution in [0.3, 0.4) is 0 Å². The normalized spacial score (nSPS) is 12.3. The first-order chi connectivity index (χ1) is 9.38. The molecule has 1 unspecified atom stereocenters. The van der Waals surface area contributed by atoms with E-state index < -0.39 is 0 Å². The van der Waals surface area contributed by atoms with Crippen molar-refractivity contribution in [3.05, 3.63) is 71.8 Å². The molecule has 0 radical (unpaired) electrons. The molecule has 0 saturated carbocycles. The summed E-state index contributed by atoms with van der Waals surface area (Å²) in [6.07, 6.45) is 2.04. The summed E-state index contributed by atoms with van der Waals surface area (Å²) in [4.78, 5) is 0. The molecular formula is C17H22N2. The van der Waals surface area contributed by atoms with Crippen molar-refractivity contribution >= 4 is 0 Å². The first-order valence-electron chi connectivity index (χ1n) is 6.90. The van der Waals surface area contributed by atoms with Crippen molar-refractivity contribution in [3.63, 3.8) is 0 Å². The predicted molar refractivity (Wildman–Crippen MR) is 81.1 cm³/mol. The molecule has 0 saturated heterocycles. The Morgan fingerprint density at radius 2 is 1.42 bits per heavy atom. The van der Waals surface area contributed by atoms with Gasteiger partial charge in [0.25, 0.3) is 0 Å². The third kappa shape index (κ3) is 4.86. The van der Waals surface area contributed by atoms with Crippen molar-refractivity contribution in [2.45, 2.75) is 18.9 Å². The van der Waals surface area contributed by atoms with Crippen LogP contribution in [0.1, 0.15) is 11.1 Å². The van der Waals surface area contributed by atoms with Crippen LogP contribution >= 0.6 is 0 Å². The topological polar surface area (TPSA) is 38.0 Å². The zero-order chi connectivity index (χ0) is 13.3. The fourth-order valence-electron chi connectivity index (χ4n) is 2.20. The number of rotatable bonds is 7. The number of nitrogens with one attached hydrogen (secondary N) is 1. The Bertz CT molecular complexity index is 453. The van der Waals surface area contributed by atoms with Crippen molar-refractivity contribution in [2.75, 3.05) is 13.1 Å². The summed E-state index contributed by atoms with van der Waals surface area (Å²) >= 11 is 0. The van der Waals surface area contributed by atoms with Crippen LogP contribution in [0.2, 0.25) is 0 Å². The lowest BCUT2D eigenvalue weighted by Crippen LogP contribution is -2.38. The summed E-state index contributed by atoms with van der Waals surface area (Å²) in [5, 5.41) is 3.54. The summed E-state index contributed by atoms with van der Waals surface area (Å²) in [6, 6.07) is 21.4. The van der Waals surface area contributed by atoms with Gasteiger partial charge < -0.3 is 11.1 Å². The molecule has 0 aromatic heterocycles. The minimum Gasteiger partial charge on any atom is -0.329 e. The van der Waals surface area contributed by atoms with Gasteiger partial charge in [-0.25, -0.2) is 0 Å². The van der Waals surface area contributed by atoms with Crippen molar-refractivity contribution in [1.82, 2.24) is 5.32 Å². The van der Waals surface area contributed by atoms with Crippen LogP contribution in [0.15, 0.2) is 60.7 Å². The molecule has 2 heteroatoms. The van der Waals surface area contributed by atoms with Gasteiger partial charge in [0.05, 0.1) is 0 Å². The van der Waals surface area contributed by atoms with Gasteiger partial charge in [0.2, 0.25) is 0 Å². The summed E-state index contributed by atoms with van der Waals surface area (Å²) in [5.74, 6) is 0. The molecule has 2 rings (SSSR count). The summed E-state index contributed by atoms with van der Waals surface area (Å²) in [7, 11) is 0. The van der Waals surface area contributed by atoms with E-state index in [4.69, 9.17) is 5.73 Å². The molecule has 0 aliphatic carbocycles. The molecular weight excluding hydrogens is 232 g/mol. The highest BCUT2D eigenvalue weighted by Crippen LogP contribution is 2.03. The monoisotopic (exact) mass is 254 g/mol. The van der Waals surface area contributed by atoms with E-state index in [1.54, 1.807) is 0 Å². The lowest BCUT2D eigenvalue weighted by atomic mass is 10.1. The lowest BCUT2D eigenvalue weighted by Gasteiger charge is -2.17. The van der Waals surface area contributed by atoms with E-state index in [2.05, 4.69) is 59.9 Å². The Morgan fingerprint density at radius 3 is 2.00 bits per heavy atom. The van der Waals surface area contributed by atoms with Gasteiger partial charge in [-0.2, -0.15) is 0 Å². The number of nitrogens with two attached hydrogens (primary N) is 1. The highest BCUT2D eigenvalue weighted by Gasteiger charge is 2.06. The molecule has 3 N–H and O–H groups in total. The molecule has 2 nitrogen and oxygen atoms in total. The standard InChI is InChI=1S/C17H22N2/c18-14-17(13-16-9-5-2-6-10-16)19-12-11-15-7-3-1-4-8-15/h1-10,17,19H,11-14,18H2. The Morgan fingerprint density at radius 1 is 0.842 bits per heavy atom. The Hall–Kier alpha value is -1.64. The van der Waals surface area contributed by atoms with Crippen LogP contribution in [0.4, 0.5) is 0 Å². The van der Waals surface area contributed by atoms with Gasteiger partial charge in [0.1, 0.15) is 0 Å². The van der Waals surface area contributed by atoms with Gasteiger partial charge in [0.15, 0.2) is 0 Å². The van der Waals surface area contributed by atoms with Crippen LogP contribution in [0.25, 0.3) is 0 Å². The second-order valence-corrected chi connectivity index (χ2v) is 4.81. The van der Waals surface area contributed by atoms with Crippen LogP contribution in [-0.2, 0) is 12.8 Å². The molecule has 2 aromatic carbocycles. The lowest BCUT2D eigenvalue weighted by molar-refractivity contribution is 0.519. The Labute approximate surface area is 115 Å². The quantitative estimate of drug-likeness (QED) is 0.796. The second-order valence-electron chi connectivity index (χ2n) is 4.81. The van der Waals surface area contributed by atoms with Crippen molar-refractivity contribution in [1.29, 1.82) is 0 Å². The maximum atomic E-state index is 5.84. The van der Waals surface area contributed by atoms with E-state index in [9.17, 15) is 0 Å². The minimum absolute atomic E-state index is 0.353. The highest BCUT2D eigenvalue weighted by atomic mass is 14.9. The zero-order valence-corrected chi connectivity index (χ0v) is 11.3. The summed E-state index contributed by atoms with van der Waals surface area (Å²) in [5.41, 5.74) is 8.54. The van der Waals surface area contributed by atoms with E-state index in [1.807, 2.05) is 6.07 Å². The van der Waals surface area contributed by atoms with Gasteiger partial charge in [-0.05, 0) is 30.5 Å². The maximum absolute atomic E-state index is 5.84. The first-order valence-corrected chi connectivity index (χ1v) is 6.90. The number of hydrogen-bond acceptors (Lipinski definition) is 2. The third-order valence-corrected chi connectivity index (χ3v) is 3.30. The maximum Gasteiger partial charge on any atom is 0.0230 e. The van der Waals surface area contributed by atoms with Gasteiger partial charge in [-0.3, -0.25) is 0 Å². The summed E-state index contributed by atoms with van der Waals surface area (Å²) in [6.45, 7) is 1.64. The molecule has 2 aromatic rings. The first kappa shape index (κ1) is 13.8. The van der Waals surface area contributed by atoms with Crippen molar-refractivity contribution in [3.8, 4) is 0 Å². The fraction of sp³-hybridized carbons (Fsp3) is 0.294. The predicted octanol–water partition coefficient (Wildman–Crippen LogP) is 2.39. The molecule has 1 atom stereocenters. The Balaban J connectivity index is 1.77. The molecule has 0 bridgehead atoms. The number of hydrogen-bond donors (Lipinski definition) is 2. The molecule has 19 heavy (non-hydrogen) atoms. The molecule has 0 fully saturated rings. The zero-order valence-electron chi connectivity index (χ0n) is 11.3. The fourth-order valence-corrected chi connectivity index (χ4v) is 2.20. The van der Waals surface area contributed by atoms with Gasteiger partial charge in [-0.15, -0.1) is 0 Å². The molecule has 0 amide bonds. The van der Waals surface area contributed by atoms with E-state index >= 15 is 0 Å². The van der Waals surface area contributed by atoms with Crippen molar-refractivity contribution < 1.29 is 0 Å².